The van der Waals surface area contributed by atoms with Gasteiger partial charge >= 0.3 is 0 Å². The zero-order valence-electron chi connectivity index (χ0n) is 17.8. The van der Waals surface area contributed by atoms with E-state index in [1.807, 2.05) is 0 Å². The first-order valence-corrected chi connectivity index (χ1v) is 11.9. The van der Waals surface area contributed by atoms with Gasteiger partial charge in [-0.05, 0) is 71.5 Å². The number of aromatic nitrogens is 1. The second-order valence-corrected chi connectivity index (χ2v) is 9.49. The quantitative estimate of drug-likeness (QED) is 0.251. The standard InChI is InChI=1S/C29H24BrN/c1-3-29(4-2)25-17-19(30)13-15-21(25)22-16-14-20(18-26(22)29)31-27-11-7-5-9-23(27)24-10-6-8-12-28(24)31/h5-18H,3-4H2,1-2H3. The van der Waals surface area contributed by atoms with Crippen LogP contribution in [0, 0.1) is 0 Å². The molecule has 1 aliphatic rings. The molecule has 1 aromatic heterocycles. The van der Waals surface area contributed by atoms with E-state index in [2.05, 4.69) is 119 Å². The van der Waals surface area contributed by atoms with Crippen molar-refractivity contribution < 1.29 is 0 Å². The lowest BCUT2D eigenvalue weighted by Gasteiger charge is -2.30. The van der Waals surface area contributed by atoms with Gasteiger partial charge in [-0.1, -0.05) is 78.3 Å². The van der Waals surface area contributed by atoms with Crippen molar-refractivity contribution in [2.45, 2.75) is 32.1 Å². The summed E-state index contributed by atoms with van der Waals surface area (Å²) in [7, 11) is 0. The smallest absolute Gasteiger partial charge is 0.0541 e. The number of benzene rings is 4. The Morgan fingerprint density at radius 3 is 1.84 bits per heavy atom. The van der Waals surface area contributed by atoms with Crippen LogP contribution in [0.4, 0.5) is 0 Å². The third kappa shape index (κ3) is 2.49. The Hall–Kier alpha value is -2.84. The van der Waals surface area contributed by atoms with Gasteiger partial charge in [-0.3, -0.25) is 0 Å². The molecule has 0 unspecified atom stereocenters. The summed E-state index contributed by atoms with van der Waals surface area (Å²) in [5, 5.41) is 2.62. The summed E-state index contributed by atoms with van der Waals surface area (Å²) in [6, 6.07) is 31.4. The van der Waals surface area contributed by atoms with Crippen LogP contribution in [-0.4, -0.2) is 4.57 Å². The Kier molecular flexibility index (Phi) is 4.16. The van der Waals surface area contributed by atoms with Crippen LogP contribution < -0.4 is 0 Å². The van der Waals surface area contributed by atoms with Gasteiger partial charge in [0, 0.05) is 26.3 Å². The third-order valence-corrected chi connectivity index (χ3v) is 7.84. The average molecular weight is 466 g/mol. The summed E-state index contributed by atoms with van der Waals surface area (Å²) >= 11 is 3.72. The molecule has 0 atom stereocenters. The van der Waals surface area contributed by atoms with Gasteiger partial charge in [0.2, 0.25) is 0 Å². The van der Waals surface area contributed by atoms with E-state index < -0.39 is 0 Å². The van der Waals surface area contributed by atoms with Gasteiger partial charge in [-0.2, -0.15) is 0 Å². The Labute approximate surface area is 191 Å². The minimum Gasteiger partial charge on any atom is -0.309 e. The molecule has 6 rings (SSSR count). The Morgan fingerprint density at radius 1 is 0.677 bits per heavy atom. The zero-order chi connectivity index (χ0) is 21.2. The fraction of sp³-hybridized carbons (Fsp3) is 0.172. The molecular weight excluding hydrogens is 442 g/mol. The van der Waals surface area contributed by atoms with Gasteiger partial charge in [0.1, 0.15) is 0 Å². The predicted octanol–water partition coefficient (Wildman–Crippen LogP) is 8.63. The molecule has 0 amide bonds. The normalized spacial score (nSPS) is 14.2. The highest BCUT2D eigenvalue weighted by atomic mass is 79.9. The highest BCUT2D eigenvalue weighted by molar-refractivity contribution is 9.10. The van der Waals surface area contributed by atoms with Crippen LogP contribution in [-0.2, 0) is 5.41 Å². The van der Waals surface area contributed by atoms with Crippen molar-refractivity contribution in [3.63, 3.8) is 0 Å². The summed E-state index contributed by atoms with van der Waals surface area (Å²) in [6.45, 7) is 4.66. The molecule has 0 saturated carbocycles. The van der Waals surface area contributed by atoms with Gasteiger partial charge in [-0.15, -0.1) is 0 Å². The number of halogens is 1. The molecule has 5 aromatic rings. The molecule has 0 aliphatic heterocycles. The van der Waals surface area contributed by atoms with Gasteiger partial charge in [-0.25, -0.2) is 0 Å². The lowest BCUT2D eigenvalue weighted by molar-refractivity contribution is 0.490. The first kappa shape index (κ1) is 18.9. The number of hydrogen-bond acceptors (Lipinski definition) is 0. The van der Waals surface area contributed by atoms with E-state index in [1.54, 1.807) is 0 Å². The number of nitrogens with zero attached hydrogens (tertiary/aromatic N) is 1. The van der Waals surface area contributed by atoms with Crippen molar-refractivity contribution in [2.24, 2.45) is 0 Å². The lowest BCUT2D eigenvalue weighted by atomic mass is 9.74. The number of rotatable bonds is 3. The van der Waals surface area contributed by atoms with E-state index in [-0.39, 0.29) is 5.41 Å². The fourth-order valence-corrected chi connectivity index (χ4v) is 6.17. The van der Waals surface area contributed by atoms with E-state index >= 15 is 0 Å². The first-order valence-electron chi connectivity index (χ1n) is 11.1. The molecule has 2 heteroatoms. The van der Waals surface area contributed by atoms with E-state index in [9.17, 15) is 0 Å². The van der Waals surface area contributed by atoms with E-state index in [0.717, 1.165) is 17.3 Å². The lowest BCUT2D eigenvalue weighted by Crippen LogP contribution is -2.23. The van der Waals surface area contributed by atoms with Gasteiger partial charge in [0.25, 0.3) is 0 Å². The molecule has 0 N–H and O–H groups in total. The maximum atomic E-state index is 3.72. The minimum atomic E-state index is 0.0587. The second-order valence-electron chi connectivity index (χ2n) is 8.58. The van der Waals surface area contributed by atoms with E-state index in [1.165, 1.54) is 49.7 Å². The average Bonchev–Trinajstić information content (AvgIpc) is 3.28. The molecule has 1 nitrogen and oxygen atoms in total. The molecule has 31 heavy (non-hydrogen) atoms. The van der Waals surface area contributed by atoms with Crippen molar-refractivity contribution in [2.75, 3.05) is 0 Å². The summed E-state index contributed by atoms with van der Waals surface area (Å²) in [4.78, 5) is 0. The van der Waals surface area contributed by atoms with Crippen molar-refractivity contribution in [1.82, 2.24) is 4.57 Å². The number of para-hydroxylation sites is 2. The van der Waals surface area contributed by atoms with Crippen molar-refractivity contribution >= 4 is 37.7 Å². The highest BCUT2D eigenvalue weighted by Crippen LogP contribution is 2.53. The van der Waals surface area contributed by atoms with Crippen LogP contribution in [0.15, 0.2) is 89.4 Å². The molecule has 1 aliphatic carbocycles. The van der Waals surface area contributed by atoms with Gasteiger partial charge in [0.15, 0.2) is 0 Å². The molecule has 152 valence electrons. The Bertz CT molecular complexity index is 1420. The first-order chi connectivity index (χ1) is 15.2. The SMILES string of the molecule is CCC1(CC)c2cc(Br)ccc2-c2ccc(-n3c4ccccc4c4ccccc43)cc21. The Balaban J connectivity index is 1.67. The van der Waals surface area contributed by atoms with Crippen LogP contribution in [0.25, 0.3) is 38.6 Å². The molecule has 0 fully saturated rings. The monoisotopic (exact) mass is 465 g/mol. The topological polar surface area (TPSA) is 4.93 Å². The maximum Gasteiger partial charge on any atom is 0.0541 e. The van der Waals surface area contributed by atoms with Crippen LogP contribution in [0.5, 0.6) is 0 Å². The van der Waals surface area contributed by atoms with Crippen molar-refractivity contribution in [1.29, 1.82) is 0 Å². The summed E-state index contributed by atoms with van der Waals surface area (Å²) in [5.74, 6) is 0. The number of fused-ring (bicyclic) bond motifs is 6. The second kappa shape index (κ2) is 6.83. The molecule has 0 radical (unpaired) electrons. The fourth-order valence-electron chi connectivity index (χ4n) is 5.81. The van der Waals surface area contributed by atoms with Crippen molar-refractivity contribution in [3.8, 4) is 16.8 Å². The van der Waals surface area contributed by atoms with Crippen molar-refractivity contribution in [3.05, 3.63) is 101 Å². The van der Waals surface area contributed by atoms with Gasteiger partial charge < -0.3 is 4.57 Å². The van der Waals surface area contributed by atoms with Crippen LogP contribution in [0.3, 0.4) is 0 Å². The van der Waals surface area contributed by atoms with E-state index in [0.29, 0.717) is 0 Å². The summed E-state index contributed by atoms with van der Waals surface area (Å²) in [6.07, 6.45) is 2.19. The van der Waals surface area contributed by atoms with Gasteiger partial charge in [0.05, 0.1) is 11.0 Å². The molecule has 0 saturated heterocycles. The molecule has 1 heterocycles. The molecular formula is C29H24BrN. The largest absolute Gasteiger partial charge is 0.309 e. The molecule has 0 bridgehead atoms. The minimum absolute atomic E-state index is 0.0587. The maximum absolute atomic E-state index is 3.72. The Morgan fingerprint density at radius 2 is 1.23 bits per heavy atom. The van der Waals surface area contributed by atoms with Crippen LogP contribution >= 0.6 is 15.9 Å². The third-order valence-electron chi connectivity index (χ3n) is 7.35. The summed E-state index contributed by atoms with van der Waals surface area (Å²) in [5.41, 5.74) is 9.52. The zero-order valence-corrected chi connectivity index (χ0v) is 19.4. The molecule has 4 aromatic carbocycles. The van der Waals surface area contributed by atoms with Crippen LogP contribution in [0.1, 0.15) is 37.8 Å². The summed E-state index contributed by atoms with van der Waals surface area (Å²) < 4.78 is 3.59. The van der Waals surface area contributed by atoms with E-state index in [4.69, 9.17) is 0 Å². The predicted molar refractivity (Wildman–Crippen MR) is 135 cm³/mol. The molecule has 0 spiro atoms. The van der Waals surface area contributed by atoms with Crippen LogP contribution in [0.2, 0.25) is 0 Å². The highest BCUT2D eigenvalue weighted by Gasteiger charge is 2.40. The number of hydrogen-bond donors (Lipinski definition) is 0.